The third-order valence-corrected chi connectivity index (χ3v) is 2.05. The second-order valence-corrected chi connectivity index (χ2v) is 3.83. The number of nitrogens with zero attached hydrogens (tertiary/aromatic N) is 3. The van der Waals surface area contributed by atoms with E-state index in [9.17, 15) is 4.79 Å². The van der Waals surface area contributed by atoms with E-state index in [2.05, 4.69) is 15.3 Å². The van der Waals surface area contributed by atoms with Crippen LogP contribution >= 0.6 is 23.2 Å². The van der Waals surface area contributed by atoms with Crippen LogP contribution in [0.25, 0.3) is 0 Å². The average Bonchev–Trinajstić information content (AvgIpc) is 2.10. The Bertz CT molecular complexity index is 349. The zero-order valence-corrected chi connectivity index (χ0v) is 9.80. The molecule has 1 aromatic heterocycles. The van der Waals surface area contributed by atoms with Gasteiger partial charge in [0, 0.05) is 0 Å². The summed E-state index contributed by atoms with van der Waals surface area (Å²) >= 11 is 11.5. The predicted octanol–water partition coefficient (Wildman–Crippen LogP) is 1.28. The van der Waals surface area contributed by atoms with E-state index in [-0.39, 0.29) is 28.4 Å². The maximum absolute atomic E-state index is 11.4. The van der Waals surface area contributed by atoms with Crippen LogP contribution in [0.15, 0.2) is 6.33 Å². The highest BCUT2D eigenvalue weighted by Gasteiger charge is 2.11. The molecule has 1 aromatic rings. The molecule has 0 bridgehead atoms. The molecule has 0 atom stereocenters. The lowest BCUT2D eigenvalue weighted by atomic mass is 10.4. The third-order valence-electron chi connectivity index (χ3n) is 1.48. The van der Waals surface area contributed by atoms with E-state index in [1.165, 1.54) is 6.33 Å². The second-order valence-electron chi connectivity index (χ2n) is 3.12. The van der Waals surface area contributed by atoms with Gasteiger partial charge in [-0.1, -0.05) is 23.2 Å². The lowest BCUT2D eigenvalue weighted by Gasteiger charge is -2.11. The highest BCUT2D eigenvalue weighted by molar-refractivity contribution is 6.38. The van der Waals surface area contributed by atoms with Crippen molar-refractivity contribution >= 4 is 34.8 Å². The molecule has 5 nitrogen and oxygen atoms in total. The van der Waals surface area contributed by atoms with Gasteiger partial charge in [-0.15, -0.1) is 0 Å². The van der Waals surface area contributed by atoms with E-state index >= 15 is 0 Å². The van der Waals surface area contributed by atoms with Crippen molar-refractivity contribution in [3.8, 4) is 0 Å². The molecule has 1 heterocycles. The molecule has 0 aliphatic heterocycles. The van der Waals surface area contributed by atoms with E-state index in [0.29, 0.717) is 0 Å². The smallest absolute Gasteiger partial charge is 0.238 e. The Labute approximate surface area is 97.4 Å². The van der Waals surface area contributed by atoms with Crippen molar-refractivity contribution in [2.24, 2.45) is 0 Å². The largest absolute Gasteiger partial charge is 0.320 e. The summed E-state index contributed by atoms with van der Waals surface area (Å²) in [6.07, 6.45) is 1.23. The molecule has 82 valence electrons. The number of halogens is 2. The van der Waals surface area contributed by atoms with Crippen molar-refractivity contribution in [3.63, 3.8) is 0 Å². The number of aromatic nitrogens is 2. The summed E-state index contributed by atoms with van der Waals surface area (Å²) in [5.74, 6) is -0.224. The molecule has 15 heavy (non-hydrogen) atoms. The predicted molar refractivity (Wildman–Crippen MR) is 59.2 cm³/mol. The van der Waals surface area contributed by atoms with Crippen molar-refractivity contribution in [3.05, 3.63) is 16.6 Å². The van der Waals surface area contributed by atoms with Gasteiger partial charge >= 0.3 is 0 Å². The first-order valence-electron chi connectivity index (χ1n) is 4.11. The van der Waals surface area contributed by atoms with Gasteiger partial charge in [0.1, 0.15) is 12.0 Å². The number of rotatable bonds is 3. The van der Waals surface area contributed by atoms with Crippen molar-refractivity contribution in [2.75, 3.05) is 26.0 Å². The molecule has 0 saturated heterocycles. The molecule has 0 aliphatic rings. The molecule has 0 aliphatic carbocycles. The summed E-state index contributed by atoms with van der Waals surface area (Å²) in [4.78, 5) is 20.6. The van der Waals surface area contributed by atoms with Crippen LogP contribution < -0.4 is 5.32 Å². The van der Waals surface area contributed by atoms with E-state index < -0.39 is 0 Å². The van der Waals surface area contributed by atoms with Crippen LogP contribution in [0.3, 0.4) is 0 Å². The monoisotopic (exact) mass is 248 g/mol. The lowest BCUT2D eigenvalue weighted by Crippen LogP contribution is -2.27. The topological polar surface area (TPSA) is 58.1 Å². The Balaban J connectivity index is 2.76. The Hall–Kier alpha value is -0.910. The molecule has 1 rings (SSSR count). The Morgan fingerprint density at radius 2 is 1.93 bits per heavy atom. The van der Waals surface area contributed by atoms with E-state index in [1.54, 1.807) is 19.0 Å². The fourth-order valence-corrected chi connectivity index (χ4v) is 1.32. The summed E-state index contributed by atoms with van der Waals surface area (Å²) in [7, 11) is 3.56. The van der Waals surface area contributed by atoms with Crippen LogP contribution in [-0.4, -0.2) is 41.4 Å². The van der Waals surface area contributed by atoms with Crippen LogP contribution in [0.2, 0.25) is 10.3 Å². The number of nitrogens with one attached hydrogen (secondary N) is 1. The number of likely N-dealkylation sites (N-methyl/N-ethyl adjacent to an activating group) is 1. The van der Waals surface area contributed by atoms with E-state index in [4.69, 9.17) is 23.2 Å². The van der Waals surface area contributed by atoms with Crippen molar-refractivity contribution < 1.29 is 4.79 Å². The molecule has 0 fully saturated rings. The number of hydrogen-bond donors (Lipinski definition) is 1. The number of carbonyl (C=O) groups is 1. The van der Waals surface area contributed by atoms with Gasteiger partial charge in [-0.3, -0.25) is 4.79 Å². The highest BCUT2D eigenvalue weighted by atomic mass is 35.5. The van der Waals surface area contributed by atoms with Crippen molar-refractivity contribution in [2.45, 2.75) is 0 Å². The molecule has 1 N–H and O–H groups in total. The number of carbonyl (C=O) groups excluding carboxylic acids is 1. The van der Waals surface area contributed by atoms with Crippen LogP contribution in [0, 0.1) is 0 Å². The van der Waals surface area contributed by atoms with Crippen LogP contribution in [-0.2, 0) is 4.79 Å². The van der Waals surface area contributed by atoms with Crippen LogP contribution in [0.4, 0.5) is 5.69 Å². The zero-order chi connectivity index (χ0) is 11.4. The Morgan fingerprint density at radius 1 is 1.40 bits per heavy atom. The van der Waals surface area contributed by atoms with Crippen molar-refractivity contribution in [1.82, 2.24) is 14.9 Å². The summed E-state index contributed by atoms with van der Waals surface area (Å²) in [5, 5.41) is 2.79. The average molecular weight is 249 g/mol. The highest BCUT2D eigenvalue weighted by Crippen LogP contribution is 2.25. The fourth-order valence-electron chi connectivity index (χ4n) is 0.914. The summed E-state index contributed by atoms with van der Waals surface area (Å²) in [5.41, 5.74) is 0.243. The Kier molecular flexibility index (Phi) is 4.26. The van der Waals surface area contributed by atoms with Gasteiger partial charge in [0.05, 0.1) is 6.54 Å². The van der Waals surface area contributed by atoms with Gasteiger partial charge in [0.15, 0.2) is 10.3 Å². The summed E-state index contributed by atoms with van der Waals surface area (Å²) < 4.78 is 0. The van der Waals surface area contributed by atoms with Gasteiger partial charge in [-0.2, -0.15) is 0 Å². The van der Waals surface area contributed by atoms with Crippen molar-refractivity contribution in [1.29, 1.82) is 0 Å². The molecule has 7 heteroatoms. The first-order valence-corrected chi connectivity index (χ1v) is 4.87. The van der Waals surface area contributed by atoms with E-state index in [1.807, 2.05) is 0 Å². The first kappa shape index (κ1) is 12.2. The van der Waals surface area contributed by atoms with Gasteiger partial charge in [-0.25, -0.2) is 9.97 Å². The van der Waals surface area contributed by atoms with Gasteiger partial charge in [0.25, 0.3) is 0 Å². The fraction of sp³-hybridized carbons (Fsp3) is 0.375. The normalized spacial score (nSPS) is 10.5. The van der Waals surface area contributed by atoms with Gasteiger partial charge in [0.2, 0.25) is 5.91 Å². The number of hydrogen-bond acceptors (Lipinski definition) is 4. The number of anilines is 1. The maximum Gasteiger partial charge on any atom is 0.238 e. The molecule has 0 radical (unpaired) electrons. The quantitative estimate of drug-likeness (QED) is 0.820. The van der Waals surface area contributed by atoms with Gasteiger partial charge in [-0.05, 0) is 14.1 Å². The zero-order valence-electron chi connectivity index (χ0n) is 8.29. The first-order chi connectivity index (χ1) is 7.00. The molecular formula is C8H10Cl2N4O. The van der Waals surface area contributed by atoms with E-state index in [0.717, 1.165) is 0 Å². The summed E-state index contributed by atoms with van der Waals surface area (Å²) in [6, 6.07) is 0. The van der Waals surface area contributed by atoms with Gasteiger partial charge < -0.3 is 10.2 Å². The molecule has 1 amide bonds. The SMILES string of the molecule is CN(C)CC(=O)Nc1c(Cl)ncnc1Cl. The minimum atomic E-state index is -0.224. The summed E-state index contributed by atoms with van der Waals surface area (Å²) in [6.45, 7) is 0.238. The number of amides is 1. The molecular weight excluding hydrogens is 239 g/mol. The van der Waals surface area contributed by atoms with Crippen LogP contribution in [0.5, 0.6) is 0 Å². The molecule has 0 saturated carbocycles. The standard InChI is InChI=1S/C8H10Cl2N4O/c1-14(2)3-5(15)13-6-7(9)11-4-12-8(6)10/h4H,3H2,1-2H3,(H,13,15). The Morgan fingerprint density at radius 3 is 2.40 bits per heavy atom. The minimum Gasteiger partial charge on any atom is -0.320 e. The molecule has 0 spiro atoms. The maximum atomic E-state index is 11.4. The second kappa shape index (κ2) is 5.25. The minimum absolute atomic E-state index is 0.127. The lowest BCUT2D eigenvalue weighted by molar-refractivity contribution is -0.116. The molecule has 0 aromatic carbocycles. The van der Waals surface area contributed by atoms with Crippen LogP contribution in [0.1, 0.15) is 0 Å². The third kappa shape index (κ3) is 3.62. The molecule has 0 unspecified atom stereocenters.